The normalized spacial score (nSPS) is 15.3. The maximum absolute atomic E-state index is 13.5. The van der Waals surface area contributed by atoms with E-state index in [2.05, 4.69) is 31.0 Å². The van der Waals surface area contributed by atoms with E-state index >= 15 is 0 Å². The van der Waals surface area contributed by atoms with Gasteiger partial charge in [0.15, 0.2) is 11.4 Å². The fraction of sp³-hybridized carbons (Fsp3) is 0.500. The second-order valence-electron chi connectivity index (χ2n) is 10.4. The lowest BCUT2D eigenvalue weighted by Crippen LogP contribution is -2.50. The standard InChI is InChI=1S/C30H41N3O5/c1-7-32(21(2)3)18-16-31-28(35)27-26-14-13-25(37-20-23-11-9-8-10-12-23)19-24(26)15-17-33(27)29(36)38-30(5,6)22(4)34/h8-14,19,21,27H,7,15-18,20H2,1-6H3,(H,31,35). The second kappa shape index (κ2) is 12.9. The molecule has 206 valence electrons. The second-order valence-corrected chi connectivity index (χ2v) is 10.4. The van der Waals surface area contributed by atoms with Crippen LogP contribution in [0.5, 0.6) is 5.75 Å². The molecule has 1 aliphatic heterocycles. The average Bonchev–Trinajstić information content (AvgIpc) is 2.89. The van der Waals surface area contributed by atoms with Crippen LogP contribution in [0.25, 0.3) is 0 Å². The Kier molecular flexibility index (Phi) is 9.91. The van der Waals surface area contributed by atoms with Gasteiger partial charge in [-0.2, -0.15) is 0 Å². The van der Waals surface area contributed by atoms with E-state index in [0.717, 1.165) is 23.2 Å². The Hall–Kier alpha value is -3.39. The number of nitrogens with zero attached hydrogens (tertiary/aromatic N) is 2. The Balaban J connectivity index is 1.82. The number of likely N-dealkylation sites (N-methyl/N-ethyl adjacent to an activating group) is 1. The minimum absolute atomic E-state index is 0.266. The molecule has 0 saturated carbocycles. The van der Waals surface area contributed by atoms with Crippen molar-refractivity contribution >= 4 is 17.8 Å². The largest absolute Gasteiger partial charge is 0.489 e. The van der Waals surface area contributed by atoms with Gasteiger partial charge in [-0.05, 0) is 76.4 Å². The molecule has 0 bridgehead atoms. The van der Waals surface area contributed by atoms with Crippen LogP contribution in [-0.2, 0) is 27.4 Å². The molecule has 0 saturated heterocycles. The smallest absolute Gasteiger partial charge is 0.411 e. The molecule has 0 radical (unpaired) electrons. The summed E-state index contributed by atoms with van der Waals surface area (Å²) in [4.78, 5) is 42.4. The third-order valence-corrected chi connectivity index (χ3v) is 7.10. The van der Waals surface area contributed by atoms with Crippen LogP contribution >= 0.6 is 0 Å². The molecule has 2 aromatic rings. The number of ketones is 1. The number of carbonyl (C=O) groups excluding carboxylic acids is 3. The average molecular weight is 524 g/mol. The molecule has 8 heteroatoms. The molecule has 0 fully saturated rings. The highest BCUT2D eigenvalue weighted by Gasteiger charge is 2.40. The number of benzene rings is 2. The molecule has 1 aliphatic rings. The Labute approximate surface area is 226 Å². The van der Waals surface area contributed by atoms with Gasteiger partial charge < -0.3 is 14.8 Å². The lowest BCUT2D eigenvalue weighted by molar-refractivity contribution is -0.134. The van der Waals surface area contributed by atoms with Crippen molar-refractivity contribution in [1.29, 1.82) is 0 Å². The topological polar surface area (TPSA) is 88.2 Å². The van der Waals surface area contributed by atoms with Gasteiger partial charge >= 0.3 is 6.09 Å². The van der Waals surface area contributed by atoms with Gasteiger partial charge in [0.25, 0.3) is 0 Å². The third-order valence-electron chi connectivity index (χ3n) is 7.10. The molecule has 0 spiro atoms. The van der Waals surface area contributed by atoms with Gasteiger partial charge in [0, 0.05) is 25.7 Å². The number of amides is 2. The van der Waals surface area contributed by atoms with E-state index in [-0.39, 0.29) is 18.2 Å². The minimum atomic E-state index is -1.29. The van der Waals surface area contributed by atoms with Crippen LogP contribution in [-0.4, -0.2) is 65.4 Å². The van der Waals surface area contributed by atoms with Gasteiger partial charge in [-0.1, -0.05) is 43.3 Å². The van der Waals surface area contributed by atoms with E-state index in [1.807, 2.05) is 48.5 Å². The van der Waals surface area contributed by atoms with Crippen LogP contribution in [0, 0.1) is 0 Å². The number of rotatable bonds is 11. The minimum Gasteiger partial charge on any atom is -0.489 e. The van der Waals surface area contributed by atoms with Gasteiger partial charge in [-0.15, -0.1) is 0 Å². The first-order valence-electron chi connectivity index (χ1n) is 13.4. The summed E-state index contributed by atoms with van der Waals surface area (Å²) in [5.41, 5.74) is 1.46. The van der Waals surface area contributed by atoms with Crippen molar-refractivity contribution in [3.05, 3.63) is 65.2 Å². The predicted molar refractivity (Wildman–Crippen MR) is 147 cm³/mol. The SMILES string of the molecule is CCN(CCNC(=O)C1c2ccc(OCc3ccccc3)cc2CCN1C(=O)OC(C)(C)C(C)=O)C(C)C. The zero-order valence-electron chi connectivity index (χ0n) is 23.5. The summed E-state index contributed by atoms with van der Waals surface area (Å²) in [5.74, 6) is 0.162. The molecule has 2 aromatic carbocycles. The lowest BCUT2D eigenvalue weighted by Gasteiger charge is -2.37. The third kappa shape index (κ3) is 7.34. The van der Waals surface area contributed by atoms with Crippen LogP contribution in [0.4, 0.5) is 4.79 Å². The Morgan fingerprint density at radius 3 is 2.47 bits per heavy atom. The van der Waals surface area contributed by atoms with Crippen molar-refractivity contribution in [1.82, 2.24) is 15.1 Å². The number of carbonyl (C=O) groups is 3. The molecule has 0 aromatic heterocycles. The first-order valence-corrected chi connectivity index (χ1v) is 13.4. The van der Waals surface area contributed by atoms with Crippen LogP contribution in [0.15, 0.2) is 48.5 Å². The summed E-state index contributed by atoms with van der Waals surface area (Å²) in [7, 11) is 0. The molecule has 1 N–H and O–H groups in total. The van der Waals surface area contributed by atoms with E-state index in [1.165, 1.54) is 11.8 Å². The highest BCUT2D eigenvalue weighted by atomic mass is 16.6. The highest BCUT2D eigenvalue weighted by Crippen LogP contribution is 2.34. The van der Waals surface area contributed by atoms with Crippen molar-refractivity contribution in [2.24, 2.45) is 0 Å². The molecule has 2 amide bonds. The van der Waals surface area contributed by atoms with Gasteiger partial charge in [0.1, 0.15) is 18.4 Å². The monoisotopic (exact) mass is 523 g/mol. The molecule has 1 atom stereocenters. The number of hydrogen-bond donors (Lipinski definition) is 1. The van der Waals surface area contributed by atoms with Crippen molar-refractivity contribution in [3.63, 3.8) is 0 Å². The number of Topliss-reactive ketones (excluding diaryl/α,β-unsaturated/α-hetero) is 1. The fourth-order valence-electron chi connectivity index (χ4n) is 4.46. The van der Waals surface area contributed by atoms with Gasteiger partial charge in [0.05, 0.1) is 0 Å². The Morgan fingerprint density at radius 2 is 1.84 bits per heavy atom. The zero-order valence-corrected chi connectivity index (χ0v) is 23.5. The van der Waals surface area contributed by atoms with Crippen molar-refractivity contribution in [2.45, 2.75) is 72.3 Å². The Morgan fingerprint density at radius 1 is 1.13 bits per heavy atom. The first-order chi connectivity index (χ1) is 18.0. The molecular formula is C30H41N3O5. The molecule has 38 heavy (non-hydrogen) atoms. The molecule has 0 aliphatic carbocycles. The summed E-state index contributed by atoms with van der Waals surface area (Å²) in [5, 5.41) is 3.02. The highest BCUT2D eigenvalue weighted by molar-refractivity contribution is 5.90. The lowest BCUT2D eigenvalue weighted by atomic mass is 9.92. The van der Waals surface area contributed by atoms with E-state index < -0.39 is 17.7 Å². The van der Waals surface area contributed by atoms with E-state index in [1.54, 1.807) is 13.8 Å². The number of fused-ring (bicyclic) bond motifs is 1. The van der Waals surface area contributed by atoms with Crippen LogP contribution < -0.4 is 10.1 Å². The maximum Gasteiger partial charge on any atom is 0.411 e. The molecular weight excluding hydrogens is 482 g/mol. The summed E-state index contributed by atoms with van der Waals surface area (Å²) >= 11 is 0. The van der Waals surface area contributed by atoms with Crippen molar-refractivity contribution in [2.75, 3.05) is 26.2 Å². The van der Waals surface area contributed by atoms with E-state index in [0.29, 0.717) is 37.9 Å². The summed E-state index contributed by atoms with van der Waals surface area (Å²) in [6.07, 6.45) is -0.147. The predicted octanol–water partition coefficient (Wildman–Crippen LogP) is 4.52. The fourth-order valence-corrected chi connectivity index (χ4v) is 4.46. The quantitative estimate of drug-likeness (QED) is 0.466. The van der Waals surface area contributed by atoms with Gasteiger partial charge in [-0.3, -0.25) is 19.4 Å². The molecule has 1 heterocycles. The number of nitrogens with one attached hydrogen (secondary N) is 1. The molecule has 1 unspecified atom stereocenters. The maximum atomic E-state index is 13.5. The number of hydrogen-bond acceptors (Lipinski definition) is 6. The molecule has 3 rings (SSSR count). The Bertz CT molecular complexity index is 1120. The summed E-state index contributed by atoms with van der Waals surface area (Å²) in [6.45, 7) is 13.6. The number of ether oxygens (including phenoxy) is 2. The molecule has 8 nitrogen and oxygen atoms in total. The van der Waals surface area contributed by atoms with Gasteiger partial charge in [0.2, 0.25) is 5.91 Å². The summed E-state index contributed by atoms with van der Waals surface area (Å²) < 4.78 is 11.6. The first kappa shape index (κ1) is 29.2. The van der Waals surface area contributed by atoms with Crippen molar-refractivity contribution in [3.8, 4) is 5.75 Å². The van der Waals surface area contributed by atoms with E-state index in [4.69, 9.17) is 9.47 Å². The van der Waals surface area contributed by atoms with Gasteiger partial charge in [-0.25, -0.2) is 4.79 Å². The van der Waals surface area contributed by atoms with E-state index in [9.17, 15) is 14.4 Å². The van der Waals surface area contributed by atoms with Crippen LogP contribution in [0.1, 0.15) is 64.3 Å². The zero-order chi connectivity index (χ0) is 27.9. The summed E-state index contributed by atoms with van der Waals surface area (Å²) in [6, 6.07) is 15.0. The van der Waals surface area contributed by atoms with Crippen LogP contribution in [0.3, 0.4) is 0 Å². The van der Waals surface area contributed by atoms with Crippen molar-refractivity contribution < 1.29 is 23.9 Å². The van der Waals surface area contributed by atoms with Crippen LogP contribution in [0.2, 0.25) is 0 Å².